The van der Waals surface area contributed by atoms with Gasteiger partial charge in [-0.25, -0.2) is 4.98 Å². The van der Waals surface area contributed by atoms with Crippen molar-refractivity contribution in [2.24, 2.45) is 5.73 Å². The minimum absolute atomic E-state index is 0.0715. The Balaban J connectivity index is 2.62. The van der Waals surface area contributed by atoms with Gasteiger partial charge in [-0.15, -0.1) is 11.3 Å². The van der Waals surface area contributed by atoms with Crippen molar-refractivity contribution in [1.29, 1.82) is 0 Å². The number of aliphatic hydroxyl groups excluding tert-OH is 1. The van der Waals surface area contributed by atoms with E-state index in [1.165, 1.54) is 5.38 Å². The summed E-state index contributed by atoms with van der Waals surface area (Å²) in [5.41, 5.74) is 5.05. The highest BCUT2D eigenvalue weighted by Crippen LogP contribution is 2.08. The van der Waals surface area contributed by atoms with Gasteiger partial charge in [0.15, 0.2) is 5.01 Å². The van der Waals surface area contributed by atoms with E-state index in [0.29, 0.717) is 0 Å². The van der Waals surface area contributed by atoms with Gasteiger partial charge in [-0.3, -0.25) is 9.59 Å². The maximum absolute atomic E-state index is 11.4. The van der Waals surface area contributed by atoms with Gasteiger partial charge in [0.05, 0.1) is 6.10 Å². The van der Waals surface area contributed by atoms with Crippen LogP contribution in [-0.2, 0) is 0 Å². The second-order valence-electron chi connectivity index (χ2n) is 2.96. The Hall–Kier alpha value is -1.47. The standard InChI is InChI=1S/C8H11N3O3S/c1-4(12)2-10-7(14)8-11-5(3-15-8)6(9)13/h3-4,12H,2H2,1H3,(H2,9,13)(H,10,14). The van der Waals surface area contributed by atoms with Gasteiger partial charge in [0, 0.05) is 11.9 Å². The van der Waals surface area contributed by atoms with Gasteiger partial charge in [-0.2, -0.15) is 0 Å². The van der Waals surface area contributed by atoms with Crippen molar-refractivity contribution in [3.8, 4) is 0 Å². The van der Waals surface area contributed by atoms with Gasteiger partial charge >= 0.3 is 0 Å². The summed E-state index contributed by atoms with van der Waals surface area (Å²) in [6, 6.07) is 0. The first kappa shape index (κ1) is 11.6. The average Bonchev–Trinajstić information content (AvgIpc) is 2.62. The van der Waals surface area contributed by atoms with E-state index in [2.05, 4.69) is 10.3 Å². The molecule has 15 heavy (non-hydrogen) atoms. The third-order valence-electron chi connectivity index (χ3n) is 1.51. The number of nitrogens with two attached hydrogens (primary N) is 1. The minimum atomic E-state index is -0.666. The minimum Gasteiger partial charge on any atom is -0.392 e. The highest BCUT2D eigenvalue weighted by Gasteiger charge is 2.13. The first-order valence-electron chi connectivity index (χ1n) is 4.22. The highest BCUT2D eigenvalue weighted by molar-refractivity contribution is 7.11. The zero-order valence-electron chi connectivity index (χ0n) is 8.06. The number of nitrogens with zero attached hydrogens (tertiary/aromatic N) is 1. The number of hydrogen-bond donors (Lipinski definition) is 3. The van der Waals surface area contributed by atoms with Crippen molar-refractivity contribution < 1.29 is 14.7 Å². The fraction of sp³-hybridized carbons (Fsp3) is 0.375. The van der Waals surface area contributed by atoms with Crippen LogP contribution in [0.25, 0.3) is 0 Å². The van der Waals surface area contributed by atoms with Gasteiger partial charge in [0.1, 0.15) is 5.69 Å². The molecule has 0 spiro atoms. The molecule has 4 N–H and O–H groups in total. The van der Waals surface area contributed by atoms with E-state index in [4.69, 9.17) is 10.8 Å². The molecule has 2 amide bonds. The first-order chi connectivity index (χ1) is 7.00. The molecule has 0 bridgehead atoms. The topological polar surface area (TPSA) is 105 Å². The summed E-state index contributed by atoms with van der Waals surface area (Å²) in [5, 5.41) is 13.0. The molecule has 0 aliphatic rings. The molecular formula is C8H11N3O3S. The Morgan fingerprint density at radius 2 is 2.40 bits per heavy atom. The molecule has 0 saturated carbocycles. The number of aliphatic hydroxyl groups is 1. The van der Waals surface area contributed by atoms with E-state index in [9.17, 15) is 9.59 Å². The van der Waals surface area contributed by atoms with Gasteiger partial charge in [-0.1, -0.05) is 0 Å². The molecule has 0 aliphatic carbocycles. The number of aromatic nitrogens is 1. The maximum atomic E-state index is 11.4. The van der Waals surface area contributed by atoms with E-state index in [1.807, 2.05) is 0 Å². The fourth-order valence-electron chi connectivity index (χ4n) is 0.807. The molecule has 0 aliphatic heterocycles. The van der Waals surface area contributed by atoms with Crippen molar-refractivity contribution in [1.82, 2.24) is 10.3 Å². The van der Waals surface area contributed by atoms with Crippen LogP contribution in [0.3, 0.4) is 0 Å². The first-order valence-corrected chi connectivity index (χ1v) is 5.10. The van der Waals surface area contributed by atoms with Crippen LogP contribution in [0.15, 0.2) is 5.38 Å². The normalized spacial score (nSPS) is 12.1. The molecule has 7 heteroatoms. The lowest BCUT2D eigenvalue weighted by atomic mass is 10.4. The number of hydrogen-bond acceptors (Lipinski definition) is 5. The maximum Gasteiger partial charge on any atom is 0.280 e. The van der Waals surface area contributed by atoms with Gasteiger partial charge in [0.25, 0.3) is 11.8 Å². The summed E-state index contributed by atoms with van der Waals surface area (Å²) >= 11 is 1.03. The predicted molar refractivity (Wildman–Crippen MR) is 54.6 cm³/mol. The molecule has 1 heterocycles. The quantitative estimate of drug-likeness (QED) is 0.638. The molecule has 6 nitrogen and oxygen atoms in total. The van der Waals surface area contributed by atoms with E-state index in [1.54, 1.807) is 6.92 Å². The molecule has 1 rings (SSSR count). The van der Waals surface area contributed by atoms with Crippen molar-refractivity contribution in [3.63, 3.8) is 0 Å². The molecule has 0 radical (unpaired) electrons. The van der Waals surface area contributed by atoms with Gasteiger partial charge < -0.3 is 16.2 Å². The van der Waals surface area contributed by atoms with Crippen LogP contribution < -0.4 is 11.1 Å². The largest absolute Gasteiger partial charge is 0.392 e. The van der Waals surface area contributed by atoms with Crippen LogP contribution in [0.1, 0.15) is 27.2 Å². The smallest absolute Gasteiger partial charge is 0.280 e. The fourth-order valence-corrected chi connectivity index (χ4v) is 1.53. The lowest BCUT2D eigenvalue weighted by Gasteiger charge is -2.04. The number of rotatable bonds is 4. The van der Waals surface area contributed by atoms with E-state index in [0.717, 1.165) is 11.3 Å². The molecule has 1 aromatic heterocycles. The molecule has 1 aromatic rings. The Kier molecular flexibility index (Phi) is 3.75. The summed E-state index contributed by atoms with van der Waals surface area (Å²) in [4.78, 5) is 25.8. The van der Waals surface area contributed by atoms with Crippen molar-refractivity contribution in [3.05, 3.63) is 16.1 Å². The predicted octanol–water partition coefficient (Wildman–Crippen LogP) is -0.647. The average molecular weight is 229 g/mol. The third kappa shape index (κ3) is 3.30. The molecule has 82 valence electrons. The Morgan fingerprint density at radius 1 is 1.73 bits per heavy atom. The SMILES string of the molecule is CC(O)CNC(=O)c1nc(C(N)=O)cs1. The Labute approximate surface area is 90.1 Å². The molecule has 1 atom stereocenters. The zero-order chi connectivity index (χ0) is 11.4. The van der Waals surface area contributed by atoms with Crippen LogP contribution in [0.5, 0.6) is 0 Å². The van der Waals surface area contributed by atoms with Crippen molar-refractivity contribution in [2.45, 2.75) is 13.0 Å². The number of carbonyl (C=O) groups excluding carboxylic acids is 2. The highest BCUT2D eigenvalue weighted by atomic mass is 32.1. The van der Waals surface area contributed by atoms with E-state index < -0.39 is 17.9 Å². The summed E-state index contributed by atoms with van der Waals surface area (Å²) in [6.45, 7) is 1.70. The molecular weight excluding hydrogens is 218 g/mol. The van der Waals surface area contributed by atoms with E-state index in [-0.39, 0.29) is 17.2 Å². The summed E-state index contributed by atoms with van der Waals surface area (Å²) in [7, 11) is 0. The number of primary amides is 1. The lowest BCUT2D eigenvalue weighted by molar-refractivity contribution is 0.0923. The zero-order valence-corrected chi connectivity index (χ0v) is 8.87. The molecule has 0 fully saturated rings. The van der Waals surface area contributed by atoms with Crippen LogP contribution in [-0.4, -0.2) is 34.6 Å². The Bertz CT molecular complexity index is 375. The lowest BCUT2D eigenvalue weighted by Crippen LogP contribution is -2.30. The monoisotopic (exact) mass is 229 g/mol. The number of nitrogens with one attached hydrogen (secondary N) is 1. The molecule has 0 saturated heterocycles. The number of carbonyl (C=O) groups is 2. The Morgan fingerprint density at radius 3 is 2.87 bits per heavy atom. The summed E-state index contributed by atoms with van der Waals surface area (Å²) < 4.78 is 0. The number of amides is 2. The van der Waals surface area contributed by atoms with Crippen LogP contribution in [0.4, 0.5) is 0 Å². The van der Waals surface area contributed by atoms with Crippen molar-refractivity contribution in [2.75, 3.05) is 6.54 Å². The summed E-state index contributed by atoms with van der Waals surface area (Å²) in [5.74, 6) is -1.09. The van der Waals surface area contributed by atoms with Crippen LogP contribution in [0.2, 0.25) is 0 Å². The van der Waals surface area contributed by atoms with E-state index >= 15 is 0 Å². The van der Waals surface area contributed by atoms with Gasteiger partial charge in [0.2, 0.25) is 0 Å². The second-order valence-corrected chi connectivity index (χ2v) is 3.82. The summed E-state index contributed by atoms with van der Waals surface area (Å²) in [6.07, 6.45) is -0.621. The van der Waals surface area contributed by atoms with Crippen LogP contribution in [0, 0.1) is 0 Å². The second kappa shape index (κ2) is 4.85. The third-order valence-corrected chi connectivity index (χ3v) is 2.35. The number of thiazole rings is 1. The van der Waals surface area contributed by atoms with Crippen LogP contribution >= 0.6 is 11.3 Å². The molecule has 1 unspecified atom stereocenters. The van der Waals surface area contributed by atoms with Gasteiger partial charge in [-0.05, 0) is 6.92 Å². The molecule has 0 aromatic carbocycles. The van der Waals surface area contributed by atoms with Crippen molar-refractivity contribution >= 4 is 23.2 Å².